The molecule has 0 unspecified atom stereocenters. The van der Waals surface area contributed by atoms with Crippen LogP contribution < -0.4 is 5.32 Å². The molecule has 0 bridgehead atoms. The molecule has 0 aliphatic rings. The molecule has 0 aliphatic heterocycles. The minimum Gasteiger partial charge on any atom is -0.342 e. The molecule has 1 atom stereocenters. The van der Waals surface area contributed by atoms with Crippen molar-refractivity contribution in [2.24, 2.45) is 0 Å². The van der Waals surface area contributed by atoms with Gasteiger partial charge in [-0.25, -0.2) is 4.98 Å². The normalized spacial score (nSPS) is 12.9. The van der Waals surface area contributed by atoms with Gasteiger partial charge >= 0.3 is 0 Å². The van der Waals surface area contributed by atoms with Crippen LogP contribution in [0.25, 0.3) is 11.0 Å². The number of nitrogens with one attached hydrogen (secondary N) is 2. The van der Waals surface area contributed by atoms with Crippen LogP contribution in [0.2, 0.25) is 0 Å². The summed E-state index contributed by atoms with van der Waals surface area (Å²) >= 11 is 0. The Balaban J connectivity index is 1.61. The predicted molar refractivity (Wildman–Crippen MR) is 88.8 cm³/mol. The molecule has 3 aromatic rings. The van der Waals surface area contributed by atoms with Gasteiger partial charge in [-0.05, 0) is 51.5 Å². The van der Waals surface area contributed by atoms with Crippen molar-refractivity contribution in [3.63, 3.8) is 0 Å². The third-order valence-corrected chi connectivity index (χ3v) is 3.87. The Labute approximate surface area is 130 Å². The van der Waals surface area contributed by atoms with Gasteiger partial charge in [0, 0.05) is 18.3 Å². The van der Waals surface area contributed by atoms with Gasteiger partial charge in [-0.1, -0.05) is 6.07 Å². The minimum atomic E-state index is 0.359. The minimum absolute atomic E-state index is 0.359. The van der Waals surface area contributed by atoms with Crippen LogP contribution in [-0.2, 0) is 13.1 Å². The summed E-state index contributed by atoms with van der Waals surface area (Å²) in [7, 11) is 0. The van der Waals surface area contributed by atoms with Crippen molar-refractivity contribution in [3.05, 3.63) is 47.0 Å². The second-order valence-electron chi connectivity index (χ2n) is 6.06. The first kappa shape index (κ1) is 14.8. The summed E-state index contributed by atoms with van der Waals surface area (Å²) in [5.74, 6) is 0.956. The van der Waals surface area contributed by atoms with E-state index in [0.29, 0.717) is 6.04 Å². The zero-order chi connectivity index (χ0) is 15.7. The summed E-state index contributed by atoms with van der Waals surface area (Å²) < 4.78 is 2.06. The van der Waals surface area contributed by atoms with E-state index in [-0.39, 0.29) is 0 Å². The highest BCUT2D eigenvalue weighted by atomic mass is 15.3. The molecule has 5 nitrogen and oxygen atoms in total. The van der Waals surface area contributed by atoms with Crippen LogP contribution in [0.1, 0.15) is 29.7 Å². The van der Waals surface area contributed by atoms with Crippen LogP contribution in [0.4, 0.5) is 0 Å². The maximum Gasteiger partial charge on any atom is 0.104 e. The molecule has 2 heterocycles. The van der Waals surface area contributed by atoms with Crippen molar-refractivity contribution in [2.45, 2.75) is 46.8 Å². The van der Waals surface area contributed by atoms with Gasteiger partial charge in [-0.3, -0.25) is 4.68 Å². The molecule has 1 aromatic carbocycles. The molecule has 2 N–H and O–H groups in total. The van der Waals surface area contributed by atoms with E-state index in [0.717, 1.165) is 35.6 Å². The lowest BCUT2D eigenvalue weighted by atomic mass is 10.2. The van der Waals surface area contributed by atoms with E-state index in [1.54, 1.807) is 0 Å². The predicted octanol–water partition coefficient (Wildman–Crippen LogP) is 2.86. The zero-order valence-corrected chi connectivity index (χ0v) is 13.6. The Kier molecular flexibility index (Phi) is 3.98. The van der Waals surface area contributed by atoms with Crippen LogP contribution >= 0.6 is 0 Å². The molecule has 0 amide bonds. The van der Waals surface area contributed by atoms with Gasteiger partial charge in [-0.2, -0.15) is 5.10 Å². The standard InChI is InChI=1S/C17H23N5/c1-11-7-13(3)22(21-11)10-12(2)18-9-15-5-6-16-17(8-15)20-14(4)19-16/h5-8,12,18H,9-10H2,1-4H3,(H,19,20)/t12-/m1/s1. The van der Waals surface area contributed by atoms with Crippen molar-refractivity contribution >= 4 is 11.0 Å². The topological polar surface area (TPSA) is 58.5 Å². The molecular weight excluding hydrogens is 274 g/mol. The number of hydrogen-bond donors (Lipinski definition) is 2. The van der Waals surface area contributed by atoms with Gasteiger partial charge in [0.15, 0.2) is 0 Å². The Bertz CT molecular complexity index is 784. The van der Waals surface area contributed by atoms with Gasteiger partial charge in [0.2, 0.25) is 0 Å². The Morgan fingerprint density at radius 2 is 2.05 bits per heavy atom. The second kappa shape index (κ2) is 5.93. The molecule has 0 saturated carbocycles. The number of aryl methyl sites for hydroxylation is 3. The fraction of sp³-hybridized carbons (Fsp3) is 0.412. The summed E-state index contributed by atoms with van der Waals surface area (Å²) in [5.41, 5.74) is 5.67. The van der Waals surface area contributed by atoms with E-state index in [9.17, 15) is 0 Å². The van der Waals surface area contributed by atoms with Crippen LogP contribution in [0.5, 0.6) is 0 Å². The average Bonchev–Trinajstić information content (AvgIpc) is 2.97. The first-order valence-electron chi connectivity index (χ1n) is 7.71. The summed E-state index contributed by atoms with van der Waals surface area (Å²) in [5, 5.41) is 8.07. The number of H-pyrrole nitrogens is 1. The molecule has 22 heavy (non-hydrogen) atoms. The smallest absolute Gasteiger partial charge is 0.104 e. The number of nitrogens with zero attached hydrogens (tertiary/aromatic N) is 3. The molecule has 5 heteroatoms. The lowest BCUT2D eigenvalue weighted by Gasteiger charge is -2.15. The Morgan fingerprint density at radius 3 is 2.77 bits per heavy atom. The molecular formula is C17H23N5. The number of hydrogen-bond acceptors (Lipinski definition) is 3. The third-order valence-electron chi connectivity index (χ3n) is 3.87. The van der Waals surface area contributed by atoms with E-state index in [2.05, 4.69) is 63.2 Å². The van der Waals surface area contributed by atoms with Gasteiger partial charge in [0.1, 0.15) is 5.82 Å². The summed E-state index contributed by atoms with van der Waals surface area (Å²) in [6.07, 6.45) is 0. The summed E-state index contributed by atoms with van der Waals surface area (Å²) in [6, 6.07) is 8.84. The average molecular weight is 297 g/mol. The van der Waals surface area contributed by atoms with Crippen LogP contribution in [0.3, 0.4) is 0 Å². The SMILES string of the molecule is Cc1cc(C)n(C[C@@H](C)NCc2ccc3nc(C)[nH]c3c2)n1. The van der Waals surface area contributed by atoms with E-state index in [1.165, 1.54) is 11.3 Å². The molecule has 0 fully saturated rings. The zero-order valence-electron chi connectivity index (χ0n) is 13.6. The van der Waals surface area contributed by atoms with E-state index < -0.39 is 0 Å². The number of fused-ring (bicyclic) bond motifs is 1. The maximum atomic E-state index is 4.51. The van der Waals surface area contributed by atoms with Crippen molar-refractivity contribution in [1.82, 2.24) is 25.1 Å². The molecule has 0 spiro atoms. The lowest BCUT2D eigenvalue weighted by Crippen LogP contribution is -2.30. The first-order chi connectivity index (χ1) is 10.5. The maximum absolute atomic E-state index is 4.51. The van der Waals surface area contributed by atoms with E-state index >= 15 is 0 Å². The summed E-state index contributed by atoms with van der Waals surface area (Å²) in [6.45, 7) is 10.0. The monoisotopic (exact) mass is 297 g/mol. The number of aromatic amines is 1. The van der Waals surface area contributed by atoms with Crippen molar-refractivity contribution in [2.75, 3.05) is 0 Å². The van der Waals surface area contributed by atoms with E-state index in [4.69, 9.17) is 0 Å². The van der Waals surface area contributed by atoms with Crippen LogP contribution in [-0.4, -0.2) is 25.8 Å². The molecule has 0 saturated heterocycles. The van der Waals surface area contributed by atoms with Gasteiger partial charge in [0.25, 0.3) is 0 Å². The molecule has 116 valence electrons. The quantitative estimate of drug-likeness (QED) is 0.761. The Hall–Kier alpha value is -2.14. The number of aromatic nitrogens is 4. The van der Waals surface area contributed by atoms with Crippen LogP contribution in [0.15, 0.2) is 24.3 Å². The largest absolute Gasteiger partial charge is 0.342 e. The van der Waals surface area contributed by atoms with Gasteiger partial charge in [0.05, 0.1) is 23.3 Å². The number of imidazole rings is 1. The second-order valence-corrected chi connectivity index (χ2v) is 6.06. The number of benzene rings is 1. The van der Waals surface area contributed by atoms with Crippen molar-refractivity contribution in [3.8, 4) is 0 Å². The third kappa shape index (κ3) is 3.20. The van der Waals surface area contributed by atoms with Crippen molar-refractivity contribution in [1.29, 1.82) is 0 Å². The molecule has 0 aliphatic carbocycles. The molecule has 3 rings (SSSR count). The fourth-order valence-electron chi connectivity index (χ4n) is 2.77. The molecule has 2 aromatic heterocycles. The highest BCUT2D eigenvalue weighted by Crippen LogP contribution is 2.13. The van der Waals surface area contributed by atoms with Gasteiger partial charge in [-0.15, -0.1) is 0 Å². The highest BCUT2D eigenvalue weighted by molar-refractivity contribution is 5.75. The first-order valence-corrected chi connectivity index (χ1v) is 7.71. The van der Waals surface area contributed by atoms with Gasteiger partial charge < -0.3 is 10.3 Å². The van der Waals surface area contributed by atoms with E-state index in [1.807, 2.05) is 13.8 Å². The fourth-order valence-corrected chi connectivity index (χ4v) is 2.77. The number of rotatable bonds is 5. The summed E-state index contributed by atoms with van der Waals surface area (Å²) in [4.78, 5) is 7.71. The Morgan fingerprint density at radius 1 is 1.23 bits per heavy atom. The van der Waals surface area contributed by atoms with Crippen LogP contribution in [0, 0.1) is 20.8 Å². The lowest BCUT2D eigenvalue weighted by molar-refractivity contribution is 0.444. The highest BCUT2D eigenvalue weighted by Gasteiger charge is 2.07. The van der Waals surface area contributed by atoms with Crippen molar-refractivity contribution < 1.29 is 0 Å². The molecule has 0 radical (unpaired) electrons.